The van der Waals surface area contributed by atoms with Gasteiger partial charge >= 0.3 is 0 Å². The molecule has 2 aromatic heterocycles. The van der Waals surface area contributed by atoms with Crippen molar-refractivity contribution in [3.8, 4) is 28.0 Å². The number of rotatable bonds is 2. The van der Waals surface area contributed by atoms with E-state index in [9.17, 15) is 32.3 Å². The molecule has 0 unspecified atom stereocenters. The Morgan fingerprint density at radius 1 is 0.643 bits per heavy atom. The van der Waals surface area contributed by atoms with Crippen LogP contribution in [0.1, 0.15) is 5.56 Å². The van der Waals surface area contributed by atoms with Crippen LogP contribution in [-0.4, -0.2) is 50.3 Å². The highest BCUT2D eigenvalue weighted by Gasteiger charge is 2.26. The van der Waals surface area contributed by atoms with Crippen molar-refractivity contribution in [2.24, 2.45) is 0 Å². The third kappa shape index (κ3) is 5.37. The first-order valence-electron chi connectivity index (χ1n) is 12.8. The number of ether oxygens (including phenoxy) is 2. The SMILES string of the molecule is Cc1cc(-c2c(Cl)n3n(c2=O)CCOCC3)c(F)cc1F.O=c1c(-c2cc(O)c(F)cc2F)c(Cl)n2n1CCOCC2. The van der Waals surface area contributed by atoms with Gasteiger partial charge in [0.05, 0.1) is 63.7 Å². The maximum absolute atomic E-state index is 14.0. The molecule has 2 aliphatic rings. The van der Waals surface area contributed by atoms with E-state index in [4.69, 9.17) is 32.7 Å². The van der Waals surface area contributed by atoms with Gasteiger partial charge in [-0.3, -0.25) is 19.0 Å². The van der Waals surface area contributed by atoms with Crippen LogP contribution in [0.4, 0.5) is 17.6 Å². The molecular formula is C27H24Cl2F4N4O5. The van der Waals surface area contributed by atoms with Gasteiger partial charge in [0.15, 0.2) is 11.6 Å². The van der Waals surface area contributed by atoms with Gasteiger partial charge in [0, 0.05) is 23.3 Å². The number of fused-ring (bicyclic) bond motifs is 2. The number of benzene rings is 2. The molecule has 9 nitrogen and oxygen atoms in total. The van der Waals surface area contributed by atoms with Crippen LogP contribution in [0.5, 0.6) is 5.75 Å². The molecule has 0 saturated heterocycles. The summed E-state index contributed by atoms with van der Waals surface area (Å²) >= 11 is 12.4. The fraction of sp³-hybridized carbons (Fsp3) is 0.333. The minimum Gasteiger partial charge on any atom is -0.505 e. The van der Waals surface area contributed by atoms with Gasteiger partial charge < -0.3 is 14.6 Å². The first-order valence-corrected chi connectivity index (χ1v) is 13.5. The first kappa shape index (κ1) is 30.0. The van der Waals surface area contributed by atoms with E-state index in [0.29, 0.717) is 52.1 Å². The lowest BCUT2D eigenvalue weighted by Gasteiger charge is -2.06. The molecule has 0 spiro atoms. The highest BCUT2D eigenvalue weighted by atomic mass is 35.5. The van der Waals surface area contributed by atoms with Gasteiger partial charge in [-0.1, -0.05) is 23.2 Å². The lowest BCUT2D eigenvalue weighted by atomic mass is 10.1. The standard InChI is InChI=1S/C14H13ClF2N2O2.C13H11ClF2N2O3/c1-8-6-9(11(17)7-10(8)16)12-13(15)18-2-4-21-5-3-19(18)14(12)20;14-12-11(7-5-10(19)9(16)6-8(7)15)13(20)18-2-4-21-3-1-17(12)18/h6-7H,2-5H2,1H3;5-6,19H,1-4H2. The van der Waals surface area contributed by atoms with Crippen molar-refractivity contribution in [3.63, 3.8) is 0 Å². The van der Waals surface area contributed by atoms with E-state index >= 15 is 0 Å². The minimum absolute atomic E-state index is 0.0258. The predicted octanol–water partition coefficient (Wildman–Crippen LogP) is 4.57. The average Bonchev–Trinajstić information content (AvgIpc) is 3.19. The molecule has 15 heteroatoms. The number of aromatic nitrogens is 4. The third-order valence-corrected chi connectivity index (χ3v) is 7.73. The van der Waals surface area contributed by atoms with Gasteiger partial charge in [0.2, 0.25) is 0 Å². The predicted molar refractivity (Wildman–Crippen MR) is 146 cm³/mol. The molecule has 2 aliphatic heterocycles. The number of nitrogens with zero attached hydrogens (tertiary/aromatic N) is 4. The number of phenolic OH excluding ortho intramolecular Hbond substituents is 1. The molecule has 1 N–H and O–H groups in total. The Kier molecular flexibility index (Phi) is 8.56. The fourth-order valence-electron chi connectivity index (χ4n) is 4.85. The second-order valence-corrected chi connectivity index (χ2v) is 10.2. The van der Waals surface area contributed by atoms with Gasteiger partial charge in [-0.2, -0.15) is 0 Å². The summed E-state index contributed by atoms with van der Waals surface area (Å²) in [5.74, 6) is -4.24. The number of halogens is 6. The van der Waals surface area contributed by atoms with E-state index in [1.807, 2.05) is 0 Å². The van der Waals surface area contributed by atoms with Gasteiger partial charge in [0.25, 0.3) is 11.1 Å². The normalized spacial score (nSPS) is 14.8. The molecule has 2 aromatic carbocycles. The second-order valence-electron chi connectivity index (χ2n) is 9.52. The van der Waals surface area contributed by atoms with Crippen molar-refractivity contribution >= 4 is 23.2 Å². The number of phenols is 1. The minimum atomic E-state index is -1.10. The zero-order chi connectivity index (χ0) is 30.3. The van der Waals surface area contributed by atoms with Gasteiger partial charge in [-0.15, -0.1) is 0 Å². The van der Waals surface area contributed by atoms with Crippen molar-refractivity contribution < 1.29 is 32.1 Å². The highest BCUT2D eigenvalue weighted by molar-refractivity contribution is 6.32. The fourth-order valence-corrected chi connectivity index (χ4v) is 5.56. The quantitative estimate of drug-likeness (QED) is 0.328. The first-order chi connectivity index (χ1) is 20.0. The van der Waals surface area contributed by atoms with Crippen LogP contribution in [0.2, 0.25) is 10.3 Å². The van der Waals surface area contributed by atoms with Gasteiger partial charge in [0.1, 0.15) is 27.8 Å². The molecule has 0 amide bonds. The van der Waals surface area contributed by atoms with Crippen LogP contribution in [0, 0.1) is 30.2 Å². The number of hydrogen-bond acceptors (Lipinski definition) is 5. The van der Waals surface area contributed by atoms with Crippen LogP contribution < -0.4 is 11.1 Å². The van der Waals surface area contributed by atoms with E-state index < -0.39 is 40.1 Å². The molecule has 0 radical (unpaired) electrons. The summed E-state index contributed by atoms with van der Waals surface area (Å²) in [4.78, 5) is 24.9. The largest absolute Gasteiger partial charge is 0.505 e. The summed E-state index contributed by atoms with van der Waals surface area (Å²) in [5.41, 5.74) is -0.858. The summed E-state index contributed by atoms with van der Waals surface area (Å²) in [5, 5.41) is 9.58. The Morgan fingerprint density at radius 2 is 1.05 bits per heavy atom. The number of hydrogen-bond donors (Lipinski definition) is 1. The van der Waals surface area contributed by atoms with Crippen molar-refractivity contribution in [2.75, 3.05) is 26.4 Å². The summed E-state index contributed by atoms with van der Waals surface area (Å²) < 4.78 is 70.9. The smallest absolute Gasteiger partial charge is 0.276 e. The van der Waals surface area contributed by atoms with Crippen LogP contribution >= 0.6 is 23.2 Å². The average molecular weight is 631 g/mol. The Hall–Kier alpha value is -3.52. The van der Waals surface area contributed by atoms with Gasteiger partial charge in [-0.25, -0.2) is 26.9 Å². The van der Waals surface area contributed by atoms with Crippen molar-refractivity contribution in [1.82, 2.24) is 18.7 Å². The monoisotopic (exact) mass is 630 g/mol. The molecule has 0 fully saturated rings. The molecule has 224 valence electrons. The van der Waals surface area contributed by atoms with Crippen LogP contribution in [-0.2, 0) is 35.7 Å². The van der Waals surface area contributed by atoms with E-state index in [2.05, 4.69) is 0 Å². The van der Waals surface area contributed by atoms with Crippen molar-refractivity contribution in [3.05, 3.63) is 84.1 Å². The maximum Gasteiger partial charge on any atom is 0.276 e. The van der Waals surface area contributed by atoms with E-state index in [1.165, 1.54) is 27.0 Å². The van der Waals surface area contributed by atoms with Crippen molar-refractivity contribution in [1.29, 1.82) is 0 Å². The summed E-state index contributed by atoms with van der Waals surface area (Å²) in [7, 11) is 0. The Bertz CT molecular complexity index is 1670. The lowest BCUT2D eigenvalue weighted by Crippen LogP contribution is -2.23. The summed E-state index contributed by atoms with van der Waals surface area (Å²) in [6.45, 7) is 4.45. The molecule has 0 saturated carbocycles. The summed E-state index contributed by atoms with van der Waals surface area (Å²) in [6, 6.07) is 3.47. The molecule has 0 bridgehead atoms. The van der Waals surface area contributed by atoms with E-state index in [0.717, 1.165) is 12.1 Å². The zero-order valence-corrected chi connectivity index (χ0v) is 23.6. The molecule has 0 atom stereocenters. The molecule has 4 aromatic rings. The van der Waals surface area contributed by atoms with Gasteiger partial charge in [-0.05, 0) is 24.6 Å². The van der Waals surface area contributed by atoms with Crippen LogP contribution in [0.3, 0.4) is 0 Å². The number of aryl methyl sites for hydroxylation is 1. The van der Waals surface area contributed by atoms with Crippen LogP contribution in [0.25, 0.3) is 22.3 Å². The lowest BCUT2D eigenvalue weighted by molar-refractivity contribution is 0.137. The third-order valence-electron chi connectivity index (χ3n) is 6.96. The highest BCUT2D eigenvalue weighted by Crippen LogP contribution is 2.32. The second kappa shape index (κ2) is 12.0. The van der Waals surface area contributed by atoms with E-state index in [-0.39, 0.29) is 44.7 Å². The Labute approximate surface area is 245 Å². The van der Waals surface area contributed by atoms with E-state index in [1.54, 1.807) is 4.68 Å². The summed E-state index contributed by atoms with van der Waals surface area (Å²) in [6.07, 6.45) is 0. The molecule has 4 heterocycles. The Morgan fingerprint density at radius 3 is 1.52 bits per heavy atom. The number of aromatic hydroxyl groups is 1. The molecule has 42 heavy (non-hydrogen) atoms. The molecule has 0 aliphatic carbocycles. The van der Waals surface area contributed by atoms with Crippen molar-refractivity contribution in [2.45, 2.75) is 33.1 Å². The maximum atomic E-state index is 14.0. The topological polar surface area (TPSA) is 92.5 Å². The Balaban J connectivity index is 0.000000168. The molecular weight excluding hydrogens is 607 g/mol. The van der Waals surface area contributed by atoms with Crippen LogP contribution in [0.15, 0.2) is 33.9 Å². The zero-order valence-electron chi connectivity index (χ0n) is 22.1. The molecule has 6 rings (SSSR count).